The van der Waals surface area contributed by atoms with Crippen LogP contribution in [0.25, 0.3) is 45.6 Å². The van der Waals surface area contributed by atoms with Crippen LogP contribution in [0.15, 0.2) is 182 Å². The van der Waals surface area contributed by atoms with Crippen molar-refractivity contribution >= 4 is 46.0 Å². The number of benzene rings is 4. The summed E-state index contributed by atoms with van der Waals surface area (Å²) in [4.78, 5) is 61.1. The number of aliphatic imine (C=N–C) groups is 1. The van der Waals surface area contributed by atoms with Gasteiger partial charge in [-0.3, -0.25) is 20.0 Å². The normalized spacial score (nSPS) is 15.2. The van der Waals surface area contributed by atoms with Gasteiger partial charge in [0.1, 0.15) is 64.2 Å². The zero-order valence-electron chi connectivity index (χ0n) is 53.4. The molecular formula is C68H58F8N24O. The molecular weight excluding hydrogens is 1320 g/mol. The lowest BCUT2D eigenvalue weighted by Crippen LogP contribution is -2.20. The fourth-order valence-electron chi connectivity index (χ4n) is 10.8. The van der Waals surface area contributed by atoms with Crippen molar-refractivity contribution in [1.82, 2.24) is 87.8 Å². The topological polar surface area (TPSA) is 327 Å². The number of anilines is 1. The number of carbonyl (C=O) groups excluding carboxylic acids is 1. The summed E-state index contributed by atoms with van der Waals surface area (Å²) in [5, 5.41) is 17.1. The highest BCUT2D eigenvalue weighted by atomic mass is 19.3. The van der Waals surface area contributed by atoms with Gasteiger partial charge < -0.3 is 39.8 Å². The van der Waals surface area contributed by atoms with Crippen molar-refractivity contribution in [2.45, 2.75) is 56.3 Å². The molecule has 2 aliphatic rings. The minimum atomic E-state index is -2.93. The van der Waals surface area contributed by atoms with Crippen LogP contribution in [0.2, 0.25) is 0 Å². The fourth-order valence-corrected chi connectivity index (χ4v) is 10.8. The summed E-state index contributed by atoms with van der Waals surface area (Å²) < 4.78 is 115. The number of hydrogen-bond donors (Lipinski definition) is 5. The van der Waals surface area contributed by atoms with Gasteiger partial charge in [0.25, 0.3) is 11.8 Å². The molecule has 2 fully saturated rings. The van der Waals surface area contributed by atoms with Crippen molar-refractivity contribution in [2.24, 2.45) is 33.3 Å². The standard InChI is InChI=1S/C19H16F3N5O.C18H13F3N6.C17H16FN7.C14H13FN6/c20-13-4-2-1-3-11(13)7-14-18-24-5-6-27(18)10-15(26-14)17(23)25-9-16(28)12-8-19(12,21)22;19-12-4-2-1-3-10(12)7-13-17-22-5-6-27(17)9-14(23-13)16-24-15(25-26-16)11-8-18(11,20)21;1-24(2)17-21-15(22-23-17)14-10-25-8-7-19-16(25)13(20-14)9-11-5-3-4-6-12(11)18;15-10-4-2-1-3-9(10)7-11-14-18-5-6-21(14)8-12(19-11)13(16)20-17/h1-6,10,12H,7-9H2,(H2,23,25);1-6,9,11H,7-8H2,(H,24,25,26);3-8,10H,9H2,1-2H3,(H,21,22,23);1-6,8H,7,17H2,(H2,16,20). The van der Waals surface area contributed by atoms with Crippen molar-refractivity contribution in [1.29, 1.82) is 0 Å². The number of halogens is 8. The number of nitrogens with one attached hydrogen (secondary N) is 2. The average molecular weight is 1380 g/mol. The molecule has 25 nitrogen and oxygen atoms in total. The van der Waals surface area contributed by atoms with Gasteiger partial charge >= 0.3 is 0 Å². The third-order valence-electron chi connectivity index (χ3n) is 16.3. The second-order valence-electron chi connectivity index (χ2n) is 23.6. The maximum atomic E-state index is 14.0. The van der Waals surface area contributed by atoms with E-state index in [4.69, 9.17) is 17.3 Å². The van der Waals surface area contributed by atoms with E-state index in [1.54, 1.807) is 147 Å². The minimum Gasteiger partial charge on any atom is -0.382 e. The number of H-pyrrole nitrogens is 2. The lowest BCUT2D eigenvalue weighted by molar-refractivity contribution is -0.120. The molecule has 2 aliphatic carbocycles. The number of ketones is 1. The van der Waals surface area contributed by atoms with Crippen LogP contribution in [0.5, 0.6) is 0 Å². The van der Waals surface area contributed by atoms with E-state index in [0.29, 0.717) is 109 Å². The van der Waals surface area contributed by atoms with Gasteiger partial charge in [0.2, 0.25) is 11.8 Å². The highest BCUT2D eigenvalue weighted by molar-refractivity contribution is 5.98. The van der Waals surface area contributed by atoms with Gasteiger partial charge in [-0.15, -0.1) is 5.10 Å². The zero-order chi connectivity index (χ0) is 70.7. The van der Waals surface area contributed by atoms with Crippen LogP contribution >= 0.6 is 0 Å². The monoisotopic (exact) mass is 1380 g/mol. The Hall–Kier alpha value is -12.7. The number of Topliss-reactive ketones (excluding diaryl/α,β-unsaturated/α-hetero) is 1. The summed E-state index contributed by atoms with van der Waals surface area (Å²) in [6.07, 6.45) is 20.7. The van der Waals surface area contributed by atoms with E-state index in [-0.39, 0.29) is 71.5 Å². The van der Waals surface area contributed by atoms with Gasteiger partial charge in [-0.1, -0.05) is 72.8 Å². The molecule has 10 heterocycles. The molecule has 512 valence electrons. The molecule has 16 rings (SSSR count). The smallest absolute Gasteiger partial charge is 0.259 e. The summed E-state index contributed by atoms with van der Waals surface area (Å²) in [5.74, 6) is -3.00. The van der Waals surface area contributed by atoms with Crippen molar-refractivity contribution in [3.8, 4) is 23.0 Å². The van der Waals surface area contributed by atoms with Gasteiger partial charge in [-0.25, -0.2) is 80.0 Å². The number of nitrogens with two attached hydrogens (primary N) is 3. The number of hydrazone groups is 1. The van der Waals surface area contributed by atoms with Gasteiger partial charge in [-0.05, 0) is 46.5 Å². The first-order valence-electron chi connectivity index (χ1n) is 31.1. The van der Waals surface area contributed by atoms with Crippen LogP contribution in [-0.4, -0.2) is 138 Å². The highest BCUT2D eigenvalue weighted by Gasteiger charge is 2.61. The van der Waals surface area contributed by atoms with E-state index in [1.165, 1.54) is 24.3 Å². The van der Waals surface area contributed by atoms with Crippen molar-refractivity contribution < 1.29 is 39.9 Å². The van der Waals surface area contributed by atoms with E-state index < -0.39 is 42.4 Å². The Morgan fingerprint density at radius 1 is 0.525 bits per heavy atom. The molecule has 0 aliphatic heterocycles. The second-order valence-corrected chi connectivity index (χ2v) is 23.6. The second kappa shape index (κ2) is 28.0. The highest BCUT2D eigenvalue weighted by Crippen LogP contribution is 2.54. The predicted octanol–water partition coefficient (Wildman–Crippen LogP) is 9.10. The van der Waals surface area contributed by atoms with Crippen molar-refractivity contribution in [3.05, 3.63) is 257 Å². The van der Waals surface area contributed by atoms with E-state index in [0.717, 1.165) is 0 Å². The van der Waals surface area contributed by atoms with Crippen LogP contribution in [0.1, 0.15) is 81.0 Å². The van der Waals surface area contributed by atoms with Crippen LogP contribution < -0.4 is 22.2 Å². The molecule has 0 radical (unpaired) electrons. The number of hydrogen-bond acceptors (Lipinski definition) is 17. The fraction of sp³-hybridized carbons (Fsp3) is 0.191. The van der Waals surface area contributed by atoms with E-state index in [1.807, 2.05) is 37.0 Å². The summed E-state index contributed by atoms with van der Waals surface area (Å²) >= 11 is 0. The SMILES string of the molecule is CN(C)c1n[nH]c(-c2cn3ccnc3c(Cc3ccccc3F)n2)n1.Fc1ccccc1Cc1nc(-c2n[nH]c(C3CC3(F)F)n2)cn2ccnc12.NC(=NCC(=O)C1CC1(F)F)c1cn2ccnc2c(Cc2ccccc2F)n1.NN=C(N)c1cn2ccnc2c(Cc2ccccc2F)n1. The Kier molecular flexibility index (Phi) is 18.6. The maximum absolute atomic E-state index is 14.0. The number of rotatable bonds is 17. The number of alkyl halides is 4. The predicted molar refractivity (Wildman–Crippen MR) is 355 cm³/mol. The minimum absolute atomic E-state index is 0.0531. The summed E-state index contributed by atoms with van der Waals surface area (Å²) in [5.41, 5.74) is 20.1. The first-order valence-corrected chi connectivity index (χ1v) is 31.1. The molecule has 4 aromatic carbocycles. The number of fused-ring (bicyclic) bond motifs is 4. The summed E-state index contributed by atoms with van der Waals surface area (Å²) in [6.45, 7) is -0.432. The maximum Gasteiger partial charge on any atom is 0.259 e. The quantitative estimate of drug-likeness (QED) is 0.0186. The molecule has 2 saturated carbocycles. The largest absolute Gasteiger partial charge is 0.382 e. The van der Waals surface area contributed by atoms with Crippen molar-refractivity contribution in [3.63, 3.8) is 0 Å². The molecule has 2 atom stereocenters. The van der Waals surface area contributed by atoms with Gasteiger partial charge in [0.15, 0.2) is 40.0 Å². The number of nitrogens with zero attached hydrogens (tertiary/aromatic N) is 19. The van der Waals surface area contributed by atoms with Gasteiger partial charge in [0, 0.05) is 127 Å². The number of aromatic amines is 2. The molecule has 0 amide bonds. The number of imidazole rings is 4. The van der Waals surface area contributed by atoms with E-state index >= 15 is 0 Å². The van der Waals surface area contributed by atoms with Crippen molar-refractivity contribution in [2.75, 3.05) is 25.5 Å². The van der Waals surface area contributed by atoms with Gasteiger partial charge in [0.05, 0.1) is 34.6 Å². The first-order chi connectivity index (χ1) is 48.7. The Balaban J connectivity index is 0.000000121. The molecule has 101 heavy (non-hydrogen) atoms. The molecule has 0 saturated heterocycles. The lowest BCUT2D eigenvalue weighted by atomic mass is 10.1. The Bertz CT molecular complexity index is 5420. The van der Waals surface area contributed by atoms with Crippen LogP contribution in [0.4, 0.5) is 41.1 Å². The number of carbonyl (C=O) groups is 1. The molecule has 0 spiro atoms. The third-order valence-corrected chi connectivity index (χ3v) is 16.3. The van der Waals surface area contributed by atoms with E-state index in [2.05, 4.69) is 80.3 Å². The Morgan fingerprint density at radius 3 is 1.32 bits per heavy atom. The van der Waals surface area contributed by atoms with Gasteiger partial charge in [-0.2, -0.15) is 15.2 Å². The lowest BCUT2D eigenvalue weighted by Gasteiger charge is -2.08. The number of amidine groups is 2. The summed E-state index contributed by atoms with van der Waals surface area (Å²) in [7, 11) is 3.73. The van der Waals surface area contributed by atoms with E-state index in [9.17, 15) is 39.9 Å². The summed E-state index contributed by atoms with van der Waals surface area (Å²) in [6, 6.07) is 26.0. The molecule has 10 aromatic heterocycles. The molecule has 33 heteroatoms. The molecule has 8 N–H and O–H groups in total. The zero-order valence-corrected chi connectivity index (χ0v) is 53.4. The third kappa shape index (κ3) is 14.9. The molecule has 14 aromatic rings. The van der Waals surface area contributed by atoms with Crippen LogP contribution in [0.3, 0.4) is 0 Å². The van der Waals surface area contributed by atoms with Crippen LogP contribution in [0, 0.1) is 29.2 Å². The molecule has 0 bridgehead atoms. The molecule has 2 unspecified atom stereocenters. The average Bonchev–Trinajstić information content (AvgIpc) is 1.62. The Morgan fingerprint density at radius 2 is 0.921 bits per heavy atom. The first kappa shape index (κ1) is 66.9. The van der Waals surface area contributed by atoms with Crippen LogP contribution in [-0.2, 0) is 30.5 Å². The number of aromatic nitrogens is 18. The Labute approximate surface area is 566 Å².